The zero-order chi connectivity index (χ0) is 21.0. The van der Waals surface area contributed by atoms with Crippen molar-refractivity contribution < 1.29 is 19.1 Å². The third-order valence-corrected chi connectivity index (χ3v) is 5.00. The lowest BCUT2D eigenvalue weighted by molar-refractivity contribution is -0.122. The fourth-order valence-corrected chi connectivity index (χ4v) is 3.66. The largest absolute Gasteiger partial charge is 0.493 e. The molecule has 1 N–H and O–H groups in total. The summed E-state index contributed by atoms with van der Waals surface area (Å²) in [5.74, 6) is 0.0294. The molecule has 1 heterocycles. The molecule has 3 rings (SSSR count). The molecule has 2 aromatic rings. The summed E-state index contributed by atoms with van der Waals surface area (Å²) in [4.78, 5) is 26.8. The van der Waals surface area contributed by atoms with E-state index in [0.717, 1.165) is 6.42 Å². The summed E-state index contributed by atoms with van der Waals surface area (Å²) in [5, 5.41) is 2.62. The first-order chi connectivity index (χ1) is 14.0. The first-order valence-electron chi connectivity index (χ1n) is 8.93. The van der Waals surface area contributed by atoms with Crippen molar-refractivity contribution in [3.8, 4) is 11.5 Å². The van der Waals surface area contributed by atoms with Crippen molar-refractivity contribution in [1.82, 2.24) is 5.32 Å². The molecule has 8 heteroatoms. The van der Waals surface area contributed by atoms with E-state index in [2.05, 4.69) is 21.2 Å². The minimum atomic E-state index is -0.548. The van der Waals surface area contributed by atoms with Crippen LogP contribution in [0.25, 0.3) is 6.08 Å². The van der Waals surface area contributed by atoms with Crippen LogP contribution in [0.3, 0.4) is 0 Å². The van der Waals surface area contributed by atoms with E-state index in [0.29, 0.717) is 33.8 Å². The van der Waals surface area contributed by atoms with Gasteiger partial charge in [0.1, 0.15) is 5.57 Å². The van der Waals surface area contributed by atoms with E-state index >= 15 is 0 Å². The van der Waals surface area contributed by atoms with E-state index in [-0.39, 0.29) is 10.7 Å². The van der Waals surface area contributed by atoms with Crippen LogP contribution in [0.5, 0.6) is 11.5 Å². The molecule has 1 aliphatic rings. The molecule has 0 unspecified atom stereocenters. The third kappa shape index (κ3) is 4.49. The van der Waals surface area contributed by atoms with Crippen LogP contribution in [0, 0.1) is 0 Å². The lowest BCUT2D eigenvalue weighted by atomic mass is 10.1. The predicted octanol–water partition coefficient (Wildman–Crippen LogP) is 4.08. The molecule has 0 spiro atoms. The van der Waals surface area contributed by atoms with E-state index in [4.69, 9.17) is 21.7 Å². The maximum atomic E-state index is 13.0. The molecule has 0 radical (unpaired) electrons. The number of carbonyl (C=O) groups excluding carboxylic acids is 2. The summed E-state index contributed by atoms with van der Waals surface area (Å²) in [6.45, 7) is 2.55. The van der Waals surface area contributed by atoms with Gasteiger partial charge in [0.2, 0.25) is 0 Å². The molecule has 6 nitrogen and oxygen atoms in total. The quantitative estimate of drug-likeness (QED) is 0.388. The van der Waals surface area contributed by atoms with Crippen molar-refractivity contribution in [3.05, 3.63) is 58.1 Å². The van der Waals surface area contributed by atoms with Gasteiger partial charge in [-0.2, -0.15) is 0 Å². The molecule has 0 atom stereocenters. The van der Waals surface area contributed by atoms with E-state index < -0.39 is 11.8 Å². The van der Waals surface area contributed by atoms with E-state index in [1.165, 1.54) is 18.1 Å². The van der Waals surface area contributed by atoms with E-state index in [9.17, 15) is 9.59 Å². The molecule has 2 aromatic carbocycles. The number of rotatable bonds is 6. The third-order valence-electron chi connectivity index (χ3n) is 4.13. The monoisotopic (exact) mass is 474 g/mol. The van der Waals surface area contributed by atoms with Gasteiger partial charge in [-0.3, -0.25) is 19.8 Å². The zero-order valence-electron chi connectivity index (χ0n) is 15.9. The number of nitrogens with one attached hydrogen (secondary N) is 1. The Kier molecular flexibility index (Phi) is 6.66. The minimum Gasteiger partial charge on any atom is -0.493 e. The summed E-state index contributed by atoms with van der Waals surface area (Å²) in [7, 11) is 1.53. The van der Waals surface area contributed by atoms with Gasteiger partial charge in [0.25, 0.3) is 11.8 Å². The van der Waals surface area contributed by atoms with Crippen molar-refractivity contribution in [2.24, 2.45) is 0 Å². The summed E-state index contributed by atoms with van der Waals surface area (Å²) >= 11 is 8.67. The summed E-state index contributed by atoms with van der Waals surface area (Å²) < 4.78 is 11.8. The molecule has 1 fully saturated rings. The number of carbonyl (C=O) groups is 2. The van der Waals surface area contributed by atoms with Gasteiger partial charge >= 0.3 is 0 Å². The Hall–Kier alpha value is -2.71. The van der Waals surface area contributed by atoms with Crippen molar-refractivity contribution in [2.75, 3.05) is 18.6 Å². The Bertz CT molecular complexity index is 992. The van der Waals surface area contributed by atoms with E-state index in [1.807, 2.05) is 13.0 Å². The number of halogens is 1. The number of benzene rings is 2. The van der Waals surface area contributed by atoms with Crippen molar-refractivity contribution in [3.63, 3.8) is 0 Å². The van der Waals surface area contributed by atoms with Gasteiger partial charge < -0.3 is 9.47 Å². The number of para-hydroxylation sites is 1. The lowest BCUT2D eigenvalue weighted by Crippen LogP contribution is -2.54. The van der Waals surface area contributed by atoms with Gasteiger partial charge in [-0.25, -0.2) is 0 Å². The van der Waals surface area contributed by atoms with Crippen LogP contribution < -0.4 is 19.7 Å². The molecule has 1 saturated heterocycles. The highest BCUT2D eigenvalue weighted by Crippen LogP contribution is 2.37. The van der Waals surface area contributed by atoms with Gasteiger partial charge in [-0.15, -0.1) is 0 Å². The van der Waals surface area contributed by atoms with Crippen molar-refractivity contribution in [1.29, 1.82) is 0 Å². The van der Waals surface area contributed by atoms with Crippen LogP contribution in [-0.4, -0.2) is 30.6 Å². The van der Waals surface area contributed by atoms with Gasteiger partial charge in [0.05, 0.1) is 23.9 Å². The number of methoxy groups -OCH3 is 1. The van der Waals surface area contributed by atoms with Crippen LogP contribution in [0.1, 0.15) is 18.9 Å². The van der Waals surface area contributed by atoms with Gasteiger partial charge in [-0.1, -0.05) is 25.1 Å². The minimum absolute atomic E-state index is 0.0290. The van der Waals surface area contributed by atoms with Gasteiger partial charge in [-0.05, 0) is 70.5 Å². The number of amides is 2. The normalized spacial score (nSPS) is 15.5. The average Bonchev–Trinajstić information content (AvgIpc) is 2.70. The topological polar surface area (TPSA) is 67.9 Å². The highest BCUT2D eigenvalue weighted by Gasteiger charge is 2.34. The highest BCUT2D eigenvalue weighted by molar-refractivity contribution is 9.10. The fraction of sp³-hybridized carbons (Fsp3) is 0.190. The zero-order valence-corrected chi connectivity index (χ0v) is 18.3. The first kappa shape index (κ1) is 21.0. The molecule has 2 amide bonds. The molecule has 29 heavy (non-hydrogen) atoms. The maximum Gasteiger partial charge on any atom is 0.270 e. The van der Waals surface area contributed by atoms with Crippen LogP contribution in [0.4, 0.5) is 5.69 Å². The first-order valence-corrected chi connectivity index (χ1v) is 10.1. The van der Waals surface area contributed by atoms with Crippen molar-refractivity contribution in [2.45, 2.75) is 13.3 Å². The smallest absolute Gasteiger partial charge is 0.270 e. The lowest BCUT2D eigenvalue weighted by Gasteiger charge is -2.28. The Morgan fingerprint density at radius 1 is 1.21 bits per heavy atom. The van der Waals surface area contributed by atoms with Crippen molar-refractivity contribution >= 4 is 56.8 Å². The summed E-state index contributed by atoms with van der Waals surface area (Å²) in [6, 6.07) is 12.4. The summed E-state index contributed by atoms with van der Waals surface area (Å²) in [6.07, 6.45) is 2.36. The fourth-order valence-electron chi connectivity index (χ4n) is 2.80. The maximum absolute atomic E-state index is 13.0. The number of hydrogen-bond acceptors (Lipinski definition) is 5. The molecular formula is C21H19BrN2O4S. The second-order valence-electron chi connectivity index (χ2n) is 6.18. The average molecular weight is 475 g/mol. The Balaban J connectivity index is 2.00. The molecule has 0 aliphatic carbocycles. The van der Waals surface area contributed by atoms with Crippen LogP contribution in [0.15, 0.2) is 52.5 Å². The second-order valence-corrected chi connectivity index (χ2v) is 7.42. The number of anilines is 1. The molecule has 1 aliphatic heterocycles. The summed E-state index contributed by atoms with van der Waals surface area (Å²) in [5.41, 5.74) is 1.16. The highest BCUT2D eigenvalue weighted by atomic mass is 79.9. The second kappa shape index (κ2) is 9.19. The van der Waals surface area contributed by atoms with Gasteiger partial charge in [0.15, 0.2) is 16.6 Å². The Morgan fingerprint density at radius 2 is 1.93 bits per heavy atom. The molecule has 0 bridgehead atoms. The molecule has 150 valence electrons. The van der Waals surface area contributed by atoms with E-state index in [1.54, 1.807) is 36.4 Å². The Morgan fingerprint density at radius 3 is 2.59 bits per heavy atom. The molecular weight excluding hydrogens is 456 g/mol. The number of nitrogens with zero attached hydrogens (tertiary/aromatic N) is 1. The Labute approximate surface area is 182 Å². The number of thiocarbonyl (C=S) groups is 1. The SMILES string of the molecule is CCCOc1c(Br)cc(/C=C2/C(=O)NC(=S)N(c3ccccc3)C2=O)cc1OC. The standard InChI is InChI=1S/C21H19BrN2O4S/c1-3-9-28-18-16(22)11-13(12-17(18)27-2)10-15-19(25)23-21(29)24(20(15)26)14-7-5-4-6-8-14/h4-8,10-12H,3,9H2,1-2H3,(H,23,25,29)/b15-10-. The number of ether oxygens (including phenoxy) is 2. The van der Waals surface area contributed by atoms with Crippen LogP contribution in [-0.2, 0) is 9.59 Å². The predicted molar refractivity (Wildman–Crippen MR) is 119 cm³/mol. The van der Waals surface area contributed by atoms with Gasteiger partial charge in [0, 0.05) is 0 Å². The number of hydrogen-bond donors (Lipinski definition) is 1. The molecule has 0 saturated carbocycles. The molecule has 0 aromatic heterocycles. The van der Waals surface area contributed by atoms with Crippen LogP contribution >= 0.6 is 28.1 Å². The van der Waals surface area contributed by atoms with Crippen LogP contribution in [0.2, 0.25) is 0 Å².